The molecule has 2 amide bonds. The molecular formula is C17H18Cl2N2O2. The first-order chi connectivity index (χ1) is 10.8. The molecule has 4 nitrogen and oxygen atoms in total. The van der Waals surface area contributed by atoms with Gasteiger partial charge in [0, 0.05) is 5.69 Å². The Hall–Kier alpha value is -1.91. The molecule has 2 aromatic rings. The number of methoxy groups -OCH3 is 1. The highest BCUT2D eigenvalue weighted by molar-refractivity contribution is 6.37. The highest BCUT2D eigenvalue weighted by atomic mass is 35.5. The number of rotatable bonds is 4. The number of carbonyl (C=O) groups is 1. The van der Waals surface area contributed by atoms with Gasteiger partial charge in [-0.25, -0.2) is 4.79 Å². The topological polar surface area (TPSA) is 50.4 Å². The second-order valence-electron chi connectivity index (χ2n) is 5.54. The maximum absolute atomic E-state index is 12.2. The van der Waals surface area contributed by atoms with Crippen molar-refractivity contribution in [1.29, 1.82) is 0 Å². The van der Waals surface area contributed by atoms with Crippen molar-refractivity contribution in [2.75, 3.05) is 12.4 Å². The molecule has 0 heterocycles. The van der Waals surface area contributed by atoms with E-state index < -0.39 is 5.54 Å². The van der Waals surface area contributed by atoms with Gasteiger partial charge in [0.05, 0.1) is 22.7 Å². The van der Waals surface area contributed by atoms with E-state index in [-0.39, 0.29) is 6.03 Å². The van der Waals surface area contributed by atoms with E-state index in [4.69, 9.17) is 27.9 Å². The number of benzene rings is 2. The van der Waals surface area contributed by atoms with Crippen LogP contribution in [0.15, 0.2) is 42.5 Å². The molecule has 0 saturated carbocycles. The molecule has 23 heavy (non-hydrogen) atoms. The molecule has 0 aliphatic carbocycles. The summed E-state index contributed by atoms with van der Waals surface area (Å²) in [6.45, 7) is 3.73. The Morgan fingerprint density at radius 3 is 2.17 bits per heavy atom. The smallest absolute Gasteiger partial charge is 0.319 e. The molecule has 0 spiro atoms. The van der Waals surface area contributed by atoms with E-state index in [1.165, 1.54) is 7.11 Å². The molecule has 0 aliphatic rings. The van der Waals surface area contributed by atoms with Crippen LogP contribution in [0.3, 0.4) is 0 Å². The number of hydrogen-bond donors (Lipinski definition) is 2. The van der Waals surface area contributed by atoms with E-state index >= 15 is 0 Å². The summed E-state index contributed by atoms with van der Waals surface area (Å²) >= 11 is 12.3. The Labute approximate surface area is 145 Å². The van der Waals surface area contributed by atoms with Crippen LogP contribution < -0.4 is 15.4 Å². The summed E-state index contributed by atoms with van der Waals surface area (Å²) in [7, 11) is 1.50. The quantitative estimate of drug-likeness (QED) is 0.807. The number of anilines is 1. The first-order valence-electron chi connectivity index (χ1n) is 7.01. The first-order valence-corrected chi connectivity index (χ1v) is 7.77. The van der Waals surface area contributed by atoms with E-state index in [9.17, 15) is 4.79 Å². The fourth-order valence-corrected chi connectivity index (χ4v) is 2.80. The van der Waals surface area contributed by atoms with Crippen molar-refractivity contribution in [2.45, 2.75) is 19.4 Å². The van der Waals surface area contributed by atoms with Crippen molar-refractivity contribution in [3.63, 3.8) is 0 Å². The molecule has 2 rings (SSSR count). The number of amides is 2. The molecule has 0 atom stereocenters. The molecule has 122 valence electrons. The van der Waals surface area contributed by atoms with Crippen molar-refractivity contribution in [1.82, 2.24) is 5.32 Å². The van der Waals surface area contributed by atoms with Crippen LogP contribution in [0.5, 0.6) is 5.75 Å². The Morgan fingerprint density at radius 1 is 1.09 bits per heavy atom. The fraction of sp³-hybridized carbons (Fsp3) is 0.235. The normalized spacial score (nSPS) is 11.0. The second kappa shape index (κ2) is 7.11. The van der Waals surface area contributed by atoms with Gasteiger partial charge in [0.15, 0.2) is 5.75 Å². The molecule has 0 radical (unpaired) electrons. The minimum absolute atomic E-state index is 0.315. The molecule has 6 heteroatoms. The lowest BCUT2D eigenvalue weighted by Crippen LogP contribution is -2.43. The largest absolute Gasteiger partial charge is 0.494 e. The number of urea groups is 1. The van der Waals surface area contributed by atoms with Gasteiger partial charge in [-0.2, -0.15) is 0 Å². The molecule has 2 aromatic carbocycles. The van der Waals surface area contributed by atoms with E-state index in [1.807, 2.05) is 44.2 Å². The van der Waals surface area contributed by atoms with Crippen LogP contribution in [0.4, 0.5) is 10.5 Å². The van der Waals surface area contributed by atoms with Gasteiger partial charge in [0.2, 0.25) is 0 Å². The monoisotopic (exact) mass is 352 g/mol. The average Bonchev–Trinajstić information content (AvgIpc) is 2.47. The predicted octanol–water partition coefficient (Wildman–Crippen LogP) is 5.06. The van der Waals surface area contributed by atoms with Crippen LogP contribution in [0.2, 0.25) is 10.0 Å². The van der Waals surface area contributed by atoms with Crippen LogP contribution in [0, 0.1) is 0 Å². The van der Waals surface area contributed by atoms with E-state index in [2.05, 4.69) is 10.6 Å². The van der Waals surface area contributed by atoms with E-state index in [1.54, 1.807) is 12.1 Å². The molecule has 0 saturated heterocycles. The third kappa shape index (κ3) is 4.30. The number of carbonyl (C=O) groups excluding carboxylic acids is 1. The third-order valence-corrected chi connectivity index (χ3v) is 3.94. The van der Waals surface area contributed by atoms with Crippen molar-refractivity contribution in [3.05, 3.63) is 58.1 Å². The van der Waals surface area contributed by atoms with Crippen molar-refractivity contribution in [3.8, 4) is 5.75 Å². The van der Waals surface area contributed by atoms with Gasteiger partial charge in [-0.15, -0.1) is 0 Å². The minimum Gasteiger partial charge on any atom is -0.494 e. The lowest BCUT2D eigenvalue weighted by atomic mass is 9.94. The standard InChI is InChI=1S/C17H18Cl2N2O2/c1-17(2,11-9-13(18)15(23-3)14(19)10-11)21-16(22)20-12-7-5-4-6-8-12/h4-10H,1-3H3,(H2,20,21,22). The fourth-order valence-electron chi connectivity index (χ4n) is 2.16. The zero-order valence-electron chi connectivity index (χ0n) is 13.1. The Balaban J connectivity index is 2.16. The van der Waals surface area contributed by atoms with Crippen molar-refractivity contribution >= 4 is 34.9 Å². The van der Waals surface area contributed by atoms with Gasteiger partial charge in [0.1, 0.15) is 0 Å². The van der Waals surface area contributed by atoms with Gasteiger partial charge < -0.3 is 15.4 Å². The Kier molecular flexibility index (Phi) is 5.39. The molecule has 0 aliphatic heterocycles. The summed E-state index contributed by atoms with van der Waals surface area (Å²) in [6, 6.07) is 12.4. The predicted molar refractivity (Wildman–Crippen MR) is 94.6 cm³/mol. The number of para-hydroxylation sites is 1. The molecule has 0 fully saturated rings. The Bertz CT molecular complexity index is 680. The van der Waals surface area contributed by atoms with Crippen molar-refractivity contribution in [2.24, 2.45) is 0 Å². The summed E-state index contributed by atoms with van der Waals surface area (Å²) in [5.74, 6) is 0.418. The summed E-state index contributed by atoms with van der Waals surface area (Å²) in [6.07, 6.45) is 0. The second-order valence-corrected chi connectivity index (χ2v) is 6.36. The van der Waals surface area contributed by atoms with Crippen molar-refractivity contribution < 1.29 is 9.53 Å². The van der Waals surface area contributed by atoms with Gasteiger partial charge in [0.25, 0.3) is 0 Å². The highest BCUT2D eigenvalue weighted by Gasteiger charge is 2.25. The molecule has 2 N–H and O–H groups in total. The summed E-state index contributed by atoms with van der Waals surface area (Å²) < 4.78 is 5.14. The van der Waals surface area contributed by atoms with Crippen LogP contribution in [-0.2, 0) is 5.54 Å². The van der Waals surface area contributed by atoms with Crippen LogP contribution >= 0.6 is 23.2 Å². The van der Waals surface area contributed by atoms with E-state index in [0.29, 0.717) is 21.5 Å². The van der Waals surface area contributed by atoms with Crippen LogP contribution in [-0.4, -0.2) is 13.1 Å². The van der Waals surface area contributed by atoms with Gasteiger partial charge in [-0.05, 0) is 43.7 Å². The van der Waals surface area contributed by atoms with Gasteiger partial charge in [-0.1, -0.05) is 41.4 Å². The summed E-state index contributed by atoms with van der Waals surface area (Å²) in [5, 5.41) is 6.48. The molecule has 0 unspecified atom stereocenters. The lowest BCUT2D eigenvalue weighted by Gasteiger charge is -2.28. The SMILES string of the molecule is COc1c(Cl)cc(C(C)(C)NC(=O)Nc2ccccc2)cc1Cl. The number of nitrogens with one attached hydrogen (secondary N) is 2. The van der Waals surface area contributed by atoms with E-state index in [0.717, 1.165) is 5.56 Å². The zero-order valence-corrected chi connectivity index (χ0v) is 14.6. The summed E-state index contributed by atoms with van der Waals surface area (Å²) in [4.78, 5) is 12.2. The lowest BCUT2D eigenvalue weighted by molar-refractivity contribution is 0.242. The van der Waals surface area contributed by atoms with Gasteiger partial charge in [-0.3, -0.25) is 0 Å². The minimum atomic E-state index is -0.668. The third-order valence-electron chi connectivity index (χ3n) is 3.38. The van der Waals surface area contributed by atoms with Crippen LogP contribution in [0.25, 0.3) is 0 Å². The van der Waals surface area contributed by atoms with Gasteiger partial charge >= 0.3 is 6.03 Å². The Morgan fingerprint density at radius 2 is 1.65 bits per heavy atom. The van der Waals surface area contributed by atoms with Crippen LogP contribution in [0.1, 0.15) is 19.4 Å². The number of ether oxygens (including phenoxy) is 1. The number of halogens is 2. The highest BCUT2D eigenvalue weighted by Crippen LogP contribution is 2.36. The first kappa shape index (κ1) is 17.4. The molecule has 0 bridgehead atoms. The maximum Gasteiger partial charge on any atom is 0.319 e. The molecular weight excluding hydrogens is 335 g/mol. The summed E-state index contributed by atoms with van der Waals surface area (Å²) in [5.41, 5.74) is 0.821. The average molecular weight is 353 g/mol. The zero-order chi connectivity index (χ0) is 17.0. The molecule has 0 aromatic heterocycles. The maximum atomic E-state index is 12.2. The number of hydrogen-bond acceptors (Lipinski definition) is 2.